The van der Waals surface area contributed by atoms with E-state index < -0.39 is 5.97 Å². The highest BCUT2D eigenvalue weighted by Crippen LogP contribution is 2.42. The molecule has 0 bridgehead atoms. The summed E-state index contributed by atoms with van der Waals surface area (Å²) >= 11 is 13.1. The van der Waals surface area contributed by atoms with Gasteiger partial charge in [0.2, 0.25) is 0 Å². The number of carboxylic acids is 1. The van der Waals surface area contributed by atoms with Crippen molar-refractivity contribution in [3.8, 4) is 0 Å². The number of nitrogens with zero attached hydrogens (tertiary/aromatic N) is 1. The first-order valence-corrected chi connectivity index (χ1v) is 8.50. The molecule has 2 aromatic rings. The van der Waals surface area contributed by atoms with Gasteiger partial charge in [0, 0.05) is 11.0 Å². The molecule has 4 nitrogen and oxygen atoms in total. The molecule has 7 heteroatoms. The smallest absolute Gasteiger partial charge is 0.329 e. The van der Waals surface area contributed by atoms with Crippen LogP contribution in [0.5, 0.6) is 0 Å². The van der Waals surface area contributed by atoms with Crippen LogP contribution in [0.4, 0.5) is 5.69 Å². The highest BCUT2D eigenvalue weighted by Gasteiger charge is 2.29. The summed E-state index contributed by atoms with van der Waals surface area (Å²) in [6, 6.07) is 12.5. The van der Waals surface area contributed by atoms with Crippen molar-refractivity contribution in [3.63, 3.8) is 0 Å². The first kappa shape index (κ1) is 16.9. The van der Waals surface area contributed by atoms with E-state index in [0.29, 0.717) is 10.0 Å². The number of benzene rings is 2. The van der Waals surface area contributed by atoms with Gasteiger partial charge in [-0.3, -0.25) is 4.79 Å². The number of hydrogen-bond acceptors (Lipinski definition) is 3. The topological polar surface area (TPSA) is 57.6 Å². The standard InChI is InChI=1S/C17H11Cl2NO3S/c18-11-6-5-10(7-12(11)19)9-20-13-3-1-2-4-14(13)24-15(17(20)23)8-16(21)22/h1-8H,9H2,(H,21,22). The minimum absolute atomic E-state index is 0.168. The van der Waals surface area contributed by atoms with Gasteiger partial charge in [0.15, 0.2) is 0 Å². The van der Waals surface area contributed by atoms with E-state index in [0.717, 1.165) is 34.0 Å². The molecule has 0 saturated heterocycles. The molecule has 0 aliphatic carbocycles. The second-order valence-electron chi connectivity index (χ2n) is 5.06. The number of para-hydroxylation sites is 1. The molecular formula is C17H11Cl2NO3S. The summed E-state index contributed by atoms with van der Waals surface area (Å²) in [6.07, 6.45) is 0.935. The molecular weight excluding hydrogens is 369 g/mol. The molecule has 0 unspecified atom stereocenters. The van der Waals surface area contributed by atoms with Crippen LogP contribution in [0.25, 0.3) is 0 Å². The van der Waals surface area contributed by atoms with E-state index in [9.17, 15) is 9.59 Å². The molecule has 0 saturated carbocycles. The summed E-state index contributed by atoms with van der Waals surface area (Å²) in [6.45, 7) is 0.268. The van der Waals surface area contributed by atoms with Crippen molar-refractivity contribution in [1.82, 2.24) is 0 Å². The average Bonchev–Trinajstić information content (AvgIpc) is 2.54. The zero-order valence-corrected chi connectivity index (χ0v) is 14.5. The fourth-order valence-electron chi connectivity index (χ4n) is 2.35. The summed E-state index contributed by atoms with van der Waals surface area (Å²) in [5.41, 5.74) is 1.54. The number of amides is 1. The maximum absolute atomic E-state index is 12.7. The van der Waals surface area contributed by atoms with Crippen molar-refractivity contribution in [2.75, 3.05) is 4.90 Å². The van der Waals surface area contributed by atoms with Crippen molar-refractivity contribution >= 4 is 52.5 Å². The number of rotatable bonds is 3. The summed E-state index contributed by atoms with van der Waals surface area (Å²) in [7, 11) is 0. The Hall–Kier alpha value is -1.95. The lowest BCUT2D eigenvalue weighted by molar-refractivity contribution is -0.131. The van der Waals surface area contributed by atoms with Crippen LogP contribution < -0.4 is 4.90 Å². The van der Waals surface area contributed by atoms with Crippen molar-refractivity contribution in [2.24, 2.45) is 0 Å². The first-order chi connectivity index (χ1) is 11.5. The number of halogens is 2. The van der Waals surface area contributed by atoms with Gasteiger partial charge in [-0.2, -0.15) is 0 Å². The number of hydrogen-bond donors (Lipinski definition) is 1. The summed E-state index contributed by atoms with van der Waals surface area (Å²) < 4.78 is 0. The van der Waals surface area contributed by atoms with Gasteiger partial charge in [0.1, 0.15) is 0 Å². The van der Waals surface area contributed by atoms with E-state index in [4.69, 9.17) is 28.3 Å². The van der Waals surface area contributed by atoms with Crippen molar-refractivity contribution in [1.29, 1.82) is 0 Å². The van der Waals surface area contributed by atoms with E-state index in [1.54, 1.807) is 23.1 Å². The van der Waals surface area contributed by atoms with Crippen molar-refractivity contribution in [3.05, 3.63) is 69.1 Å². The third-order valence-electron chi connectivity index (χ3n) is 3.41. The molecule has 1 aliphatic heterocycles. The molecule has 1 N–H and O–H groups in total. The Labute approximate surface area is 152 Å². The molecule has 24 heavy (non-hydrogen) atoms. The normalized spacial score (nSPS) is 15.5. The monoisotopic (exact) mass is 379 g/mol. The molecule has 2 aromatic carbocycles. The Morgan fingerprint density at radius 1 is 1.17 bits per heavy atom. The van der Waals surface area contributed by atoms with Gasteiger partial charge in [-0.1, -0.05) is 53.2 Å². The summed E-state index contributed by atoms with van der Waals surface area (Å²) in [4.78, 5) is 26.2. The van der Waals surface area contributed by atoms with Crippen LogP contribution in [0.1, 0.15) is 5.56 Å². The quantitative estimate of drug-likeness (QED) is 0.791. The lowest BCUT2D eigenvalue weighted by Crippen LogP contribution is -2.34. The summed E-state index contributed by atoms with van der Waals surface area (Å²) in [5.74, 6) is -1.51. The molecule has 3 rings (SSSR count). The van der Waals surface area contributed by atoms with E-state index in [1.165, 1.54) is 0 Å². The highest BCUT2D eigenvalue weighted by molar-refractivity contribution is 8.04. The minimum Gasteiger partial charge on any atom is -0.478 e. The maximum Gasteiger partial charge on any atom is 0.329 e. The number of aliphatic carboxylic acids is 1. The second-order valence-corrected chi connectivity index (χ2v) is 6.95. The van der Waals surface area contributed by atoms with Crippen LogP contribution >= 0.6 is 35.0 Å². The number of fused-ring (bicyclic) bond motifs is 1. The number of carboxylic acid groups (broad SMARTS) is 1. The average molecular weight is 380 g/mol. The predicted octanol–water partition coefficient (Wildman–Crippen LogP) is 4.60. The molecule has 1 aliphatic rings. The van der Waals surface area contributed by atoms with E-state index in [-0.39, 0.29) is 17.4 Å². The van der Waals surface area contributed by atoms with E-state index >= 15 is 0 Å². The number of anilines is 1. The lowest BCUT2D eigenvalue weighted by Gasteiger charge is -2.30. The fraction of sp³-hybridized carbons (Fsp3) is 0.0588. The molecule has 0 radical (unpaired) electrons. The Kier molecular flexibility index (Phi) is 4.85. The zero-order chi connectivity index (χ0) is 17.3. The van der Waals surface area contributed by atoms with Gasteiger partial charge in [-0.25, -0.2) is 4.79 Å². The van der Waals surface area contributed by atoms with Crippen LogP contribution in [0, 0.1) is 0 Å². The van der Waals surface area contributed by atoms with Crippen LogP contribution in [-0.2, 0) is 16.1 Å². The fourth-order valence-corrected chi connectivity index (χ4v) is 3.70. The van der Waals surface area contributed by atoms with Crippen molar-refractivity contribution in [2.45, 2.75) is 11.4 Å². The van der Waals surface area contributed by atoms with E-state index in [2.05, 4.69) is 0 Å². The summed E-state index contributed by atoms with van der Waals surface area (Å²) in [5, 5.41) is 9.82. The second kappa shape index (κ2) is 6.89. The molecule has 1 heterocycles. The van der Waals surface area contributed by atoms with Gasteiger partial charge >= 0.3 is 5.97 Å². The van der Waals surface area contributed by atoms with Gasteiger partial charge in [-0.05, 0) is 29.8 Å². The first-order valence-electron chi connectivity index (χ1n) is 6.93. The third kappa shape index (κ3) is 3.43. The third-order valence-corrected chi connectivity index (χ3v) is 5.23. The Morgan fingerprint density at radius 3 is 2.62 bits per heavy atom. The van der Waals surface area contributed by atoms with Gasteiger partial charge in [0.05, 0.1) is 27.2 Å². The zero-order valence-electron chi connectivity index (χ0n) is 12.2. The molecule has 1 amide bonds. The number of thioether (sulfide) groups is 1. The van der Waals surface area contributed by atoms with Gasteiger partial charge < -0.3 is 10.0 Å². The maximum atomic E-state index is 12.7. The van der Waals surface area contributed by atoms with Crippen LogP contribution in [-0.4, -0.2) is 17.0 Å². The van der Waals surface area contributed by atoms with Crippen LogP contribution in [0.15, 0.2) is 58.3 Å². The largest absolute Gasteiger partial charge is 0.478 e. The Morgan fingerprint density at radius 2 is 1.92 bits per heavy atom. The van der Waals surface area contributed by atoms with Gasteiger partial charge in [0.25, 0.3) is 5.91 Å². The number of carbonyl (C=O) groups is 2. The Balaban J connectivity index is 2.02. The predicted molar refractivity (Wildman–Crippen MR) is 95.7 cm³/mol. The molecule has 122 valence electrons. The molecule has 0 aromatic heterocycles. The van der Waals surface area contributed by atoms with E-state index in [1.807, 2.05) is 24.3 Å². The molecule has 0 spiro atoms. The molecule has 0 atom stereocenters. The minimum atomic E-state index is -1.15. The van der Waals surface area contributed by atoms with Gasteiger partial charge in [-0.15, -0.1) is 0 Å². The Bertz CT molecular complexity index is 867. The van der Waals surface area contributed by atoms with Crippen LogP contribution in [0.3, 0.4) is 0 Å². The lowest BCUT2D eigenvalue weighted by atomic mass is 10.2. The molecule has 0 fully saturated rings. The highest BCUT2D eigenvalue weighted by atomic mass is 35.5. The van der Waals surface area contributed by atoms with Crippen LogP contribution in [0.2, 0.25) is 10.0 Å². The van der Waals surface area contributed by atoms with Crippen molar-refractivity contribution < 1.29 is 14.7 Å². The number of carbonyl (C=O) groups excluding carboxylic acids is 1. The SMILES string of the molecule is O=C(O)C=C1Sc2ccccc2N(Cc2ccc(Cl)c(Cl)c2)C1=O.